The Bertz CT molecular complexity index is 983. The highest BCUT2D eigenvalue weighted by Crippen LogP contribution is 2.19. The molecule has 0 N–H and O–H groups in total. The maximum absolute atomic E-state index is 12.9. The number of esters is 1. The van der Waals surface area contributed by atoms with Crippen molar-refractivity contribution in [2.75, 3.05) is 26.2 Å². The van der Waals surface area contributed by atoms with Crippen molar-refractivity contribution in [1.82, 2.24) is 9.21 Å². The Kier molecular flexibility index (Phi) is 6.29. The van der Waals surface area contributed by atoms with Crippen LogP contribution in [0.25, 0.3) is 0 Å². The van der Waals surface area contributed by atoms with Crippen LogP contribution in [-0.4, -0.2) is 55.7 Å². The zero-order valence-corrected chi connectivity index (χ0v) is 16.7. The highest BCUT2D eigenvalue weighted by atomic mass is 32.2. The summed E-state index contributed by atoms with van der Waals surface area (Å²) >= 11 is 0. The van der Waals surface area contributed by atoms with Gasteiger partial charge in [0.1, 0.15) is 12.4 Å². The number of hydrogen-bond acceptors (Lipinski definition) is 5. The lowest BCUT2D eigenvalue weighted by Crippen LogP contribution is -2.49. The van der Waals surface area contributed by atoms with Crippen LogP contribution < -0.4 is 0 Å². The first-order chi connectivity index (χ1) is 13.8. The summed E-state index contributed by atoms with van der Waals surface area (Å²) < 4.78 is 44.9. The summed E-state index contributed by atoms with van der Waals surface area (Å²) in [6.45, 7) is 2.59. The lowest BCUT2D eigenvalue weighted by molar-refractivity contribution is -0.129. The van der Waals surface area contributed by atoms with Gasteiger partial charge in [0.15, 0.2) is 0 Å². The number of benzene rings is 2. The highest BCUT2D eigenvalue weighted by Gasteiger charge is 2.29. The molecule has 0 bridgehead atoms. The Morgan fingerprint density at radius 2 is 1.55 bits per heavy atom. The molecule has 1 amide bonds. The van der Waals surface area contributed by atoms with E-state index < -0.39 is 16.0 Å². The second kappa shape index (κ2) is 8.71. The van der Waals surface area contributed by atoms with Gasteiger partial charge in [-0.1, -0.05) is 12.1 Å². The minimum atomic E-state index is -3.71. The molecule has 3 rings (SSSR count). The molecular formula is C20H21FN2O5S. The zero-order valence-electron chi connectivity index (χ0n) is 15.9. The minimum Gasteiger partial charge on any atom is -0.457 e. The molecule has 0 unspecified atom stereocenters. The van der Waals surface area contributed by atoms with Crippen LogP contribution in [0.5, 0.6) is 0 Å². The number of sulfonamides is 1. The Morgan fingerprint density at radius 3 is 2.10 bits per heavy atom. The van der Waals surface area contributed by atoms with Gasteiger partial charge < -0.3 is 9.64 Å². The van der Waals surface area contributed by atoms with E-state index in [2.05, 4.69) is 0 Å². The van der Waals surface area contributed by atoms with E-state index in [-0.39, 0.29) is 41.9 Å². The van der Waals surface area contributed by atoms with E-state index in [9.17, 15) is 22.4 Å². The first-order valence-electron chi connectivity index (χ1n) is 9.04. The number of piperazine rings is 1. The Hall–Kier alpha value is -2.78. The molecule has 0 aromatic heterocycles. The molecule has 1 fully saturated rings. The summed E-state index contributed by atoms with van der Waals surface area (Å²) in [5.41, 5.74) is 0.858. The Morgan fingerprint density at radius 1 is 0.966 bits per heavy atom. The van der Waals surface area contributed by atoms with E-state index in [1.807, 2.05) is 0 Å². The summed E-state index contributed by atoms with van der Waals surface area (Å²) in [5.74, 6) is -1.06. The van der Waals surface area contributed by atoms with E-state index >= 15 is 0 Å². The minimum absolute atomic E-state index is 0.0143. The monoisotopic (exact) mass is 420 g/mol. The molecule has 1 aliphatic heterocycles. The van der Waals surface area contributed by atoms with Crippen LogP contribution in [-0.2, 0) is 26.2 Å². The largest absolute Gasteiger partial charge is 0.457 e. The smallest absolute Gasteiger partial charge is 0.338 e. The molecule has 1 heterocycles. The van der Waals surface area contributed by atoms with E-state index in [1.165, 1.54) is 59.8 Å². The van der Waals surface area contributed by atoms with Crippen molar-refractivity contribution in [3.05, 3.63) is 65.5 Å². The zero-order chi connectivity index (χ0) is 21.0. The van der Waals surface area contributed by atoms with Gasteiger partial charge in [-0.3, -0.25) is 4.79 Å². The molecule has 0 spiro atoms. The number of amides is 1. The number of nitrogens with zero attached hydrogens (tertiary/aromatic N) is 2. The van der Waals surface area contributed by atoms with Crippen molar-refractivity contribution in [3.63, 3.8) is 0 Å². The van der Waals surface area contributed by atoms with E-state index in [0.29, 0.717) is 18.7 Å². The molecule has 0 saturated carbocycles. The van der Waals surface area contributed by atoms with Gasteiger partial charge in [0.2, 0.25) is 15.9 Å². The first-order valence-corrected chi connectivity index (χ1v) is 10.5. The second-order valence-corrected chi connectivity index (χ2v) is 8.58. The molecule has 1 aliphatic rings. The van der Waals surface area contributed by atoms with Crippen molar-refractivity contribution in [1.29, 1.82) is 0 Å². The third-order valence-corrected chi connectivity index (χ3v) is 6.61. The van der Waals surface area contributed by atoms with Crippen molar-refractivity contribution in [2.45, 2.75) is 18.4 Å². The fraction of sp³-hybridized carbons (Fsp3) is 0.300. The summed E-state index contributed by atoms with van der Waals surface area (Å²) in [4.78, 5) is 25.2. The van der Waals surface area contributed by atoms with Gasteiger partial charge in [-0.25, -0.2) is 17.6 Å². The van der Waals surface area contributed by atoms with Crippen LogP contribution in [0.1, 0.15) is 22.8 Å². The molecular weight excluding hydrogens is 399 g/mol. The number of carbonyl (C=O) groups excluding carboxylic acids is 2. The number of hydrogen-bond donors (Lipinski definition) is 0. The van der Waals surface area contributed by atoms with Crippen molar-refractivity contribution in [2.24, 2.45) is 0 Å². The molecule has 29 heavy (non-hydrogen) atoms. The number of carbonyl (C=O) groups is 2. The lowest BCUT2D eigenvalue weighted by Gasteiger charge is -2.33. The van der Waals surface area contributed by atoms with Crippen LogP contribution in [0.2, 0.25) is 0 Å². The van der Waals surface area contributed by atoms with E-state index in [0.717, 1.165) is 0 Å². The molecule has 0 aliphatic carbocycles. The fourth-order valence-corrected chi connectivity index (χ4v) is 4.39. The normalized spacial score (nSPS) is 15.2. The molecule has 154 valence electrons. The van der Waals surface area contributed by atoms with Crippen molar-refractivity contribution < 1.29 is 27.1 Å². The molecule has 0 radical (unpaired) electrons. The quantitative estimate of drug-likeness (QED) is 0.691. The van der Waals surface area contributed by atoms with Gasteiger partial charge in [-0.05, 0) is 42.0 Å². The Labute approximate surface area is 168 Å². The van der Waals surface area contributed by atoms with Crippen LogP contribution in [0.15, 0.2) is 53.4 Å². The van der Waals surface area contributed by atoms with Crippen LogP contribution in [0, 0.1) is 5.82 Å². The average molecular weight is 420 g/mol. The predicted octanol–water partition coefficient (Wildman–Crippen LogP) is 2.04. The van der Waals surface area contributed by atoms with Crippen LogP contribution in [0.3, 0.4) is 0 Å². The molecule has 1 saturated heterocycles. The maximum atomic E-state index is 12.9. The van der Waals surface area contributed by atoms with Gasteiger partial charge in [0, 0.05) is 33.1 Å². The summed E-state index contributed by atoms with van der Waals surface area (Å²) in [7, 11) is -3.71. The van der Waals surface area contributed by atoms with Gasteiger partial charge in [0.25, 0.3) is 0 Å². The average Bonchev–Trinajstić information content (AvgIpc) is 2.73. The van der Waals surface area contributed by atoms with E-state index in [4.69, 9.17) is 4.74 Å². The molecule has 9 heteroatoms. The van der Waals surface area contributed by atoms with Crippen LogP contribution >= 0.6 is 0 Å². The summed E-state index contributed by atoms with van der Waals surface area (Å²) in [5, 5.41) is 0. The highest BCUT2D eigenvalue weighted by molar-refractivity contribution is 7.89. The van der Waals surface area contributed by atoms with Gasteiger partial charge in [-0.15, -0.1) is 0 Å². The van der Waals surface area contributed by atoms with Crippen LogP contribution in [0.4, 0.5) is 4.39 Å². The number of ether oxygens (including phenoxy) is 1. The maximum Gasteiger partial charge on any atom is 0.338 e. The first kappa shape index (κ1) is 20.9. The van der Waals surface area contributed by atoms with Crippen molar-refractivity contribution in [3.8, 4) is 0 Å². The summed E-state index contributed by atoms with van der Waals surface area (Å²) in [6, 6.07) is 11.1. The third-order valence-electron chi connectivity index (χ3n) is 4.69. The molecule has 0 atom stereocenters. The standard InChI is InChI=1S/C20H21FN2O5S/c1-15(24)22-10-12-23(13-11-22)29(26,27)19-8-4-17(5-9-19)20(25)28-14-16-2-6-18(21)7-3-16/h2-9H,10-14H2,1H3. The molecule has 2 aromatic rings. The SMILES string of the molecule is CC(=O)N1CCN(S(=O)(=O)c2ccc(C(=O)OCc3ccc(F)cc3)cc2)CC1. The van der Waals surface area contributed by atoms with Crippen molar-refractivity contribution >= 4 is 21.9 Å². The van der Waals surface area contributed by atoms with Gasteiger partial charge in [0.05, 0.1) is 10.5 Å². The summed E-state index contributed by atoms with van der Waals surface area (Å²) in [6.07, 6.45) is 0. The lowest BCUT2D eigenvalue weighted by atomic mass is 10.2. The third kappa shape index (κ3) is 4.99. The fourth-order valence-electron chi connectivity index (χ4n) is 2.97. The van der Waals surface area contributed by atoms with Gasteiger partial charge >= 0.3 is 5.97 Å². The predicted molar refractivity (Wildman–Crippen MR) is 103 cm³/mol. The second-order valence-electron chi connectivity index (χ2n) is 6.64. The topological polar surface area (TPSA) is 84.0 Å². The number of rotatable bonds is 5. The van der Waals surface area contributed by atoms with E-state index in [1.54, 1.807) is 4.90 Å². The Balaban J connectivity index is 1.62. The van der Waals surface area contributed by atoms with Gasteiger partial charge in [-0.2, -0.15) is 4.31 Å². The molecule has 7 nitrogen and oxygen atoms in total. The molecule has 2 aromatic carbocycles. The number of halogens is 1.